The molecule has 0 saturated carbocycles. The average molecular weight is 478 g/mol. The number of nitrogens with two attached hydrogens (primary N) is 1. The van der Waals surface area contributed by atoms with Crippen molar-refractivity contribution in [3.05, 3.63) is 71.0 Å². The Hall–Kier alpha value is -3.98. The zero-order valence-electron chi connectivity index (χ0n) is 18.6. The van der Waals surface area contributed by atoms with Gasteiger partial charge in [0.05, 0.1) is 29.8 Å². The van der Waals surface area contributed by atoms with Crippen LogP contribution in [0, 0.1) is 6.92 Å². The summed E-state index contributed by atoms with van der Waals surface area (Å²) in [6.45, 7) is 3.47. The van der Waals surface area contributed by atoms with Gasteiger partial charge in [0.25, 0.3) is 5.91 Å². The summed E-state index contributed by atoms with van der Waals surface area (Å²) < 4.78 is 8.01. The van der Waals surface area contributed by atoms with Crippen LogP contribution in [0.4, 0.5) is 17.2 Å². The topological polar surface area (TPSA) is 123 Å². The van der Waals surface area contributed by atoms with E-state index in [1.165, 1.54) is 0 Å². The second-order valence-corrected chi connectivity index (χ2v) is 8.40. The Morgan fingerprint density at radius 1 is 1.29 bits per heavy atom. The molecule has 0 aliphatic carbocycles. The van der Waals surface area contributed by atoms with E-state index in [2.05, 4.69) is 25.6 Å². The van der Waals surface area contributed by atoms with Crippen molar-refractivity contribution >= 4 is 34.7 Å². The molecule has 5 rings (SSSR count). The van der Waals surface area contributed by atoms with Crippen LogP contribution in [-0.4, -0.2) is 38.6 Å². The van der Waals surface area contributed by atoms with Gasteiger partial charge >= 0.3 is 0 Å². The first-order chi connectivity index (χ1) is 16.5. The molecule has 3 aromatic heterocycles. The lowest BCUT2D eigenvalue weighted by Crippen LogP contribution is -2.31. The number of hydrogen-bond donors (Lipinski definition) is 4. The molecule has 0 unspecified atom stereocenters. The van der Waals surface area contributed by atoms with E-state index in [0.29, 0.717) is 59.4 Å². The third-order valence-electron chi connectivity index (χ3n) is 5.85. The predicted molar refractivity (Wildman–Crippen MR) is 132 cm³/mol. The number of anilines is 3. The van der Waals surface area contributed by atoms with Gasteiger partial charge in [0.2, 0.25) is 0 Å². The molecule has 1 aromatic carbocycles. The van der Waals surface area contributed by atoms with Gasteiger partial charge in [0.1, 0.15) is 6.61 Å². The van der Waals surface area contributed by atoms with Gasteiger partial charge in [-0.05, 0) is 30.7 Å². The molecule has 5 N–H and O–H groups in total. The molecule has 0 spiro atoms. The van der Waals surface area contributed by atoms with Crippen LogP contribution >= 0.6 is 11.6 Å². The van der Waals surface area contributed by atoms with E-state index in [1.807, 2.05) is 42.0 Å². The Bertz CT molecular complexity index is 1350. The normalized spacial score (nSPS) is 12.8. The second-order valence-electron chi connectivity index (χ2n) is 7.99. The Morgan fingerprint density at radius 2 is 2.18 bits per heavy atom. The number of ether oxygens (including phenoxy) is 1. The summed E-state index contributed by atoms with van der Waals surface area (Å²) in [4.78, 5) is 24.6. The highest BCUT2D eigenvalue weighted by atomic mass is 35.5. The van der Waals surface area contributed by atoms with Gasteiger partial charge in [-0.1, -0.05) is 17.7 Å². The number of fused-ring (bicyclic) bond motifs is 1. The third-order valence-corrected chi connectivity index (χ3v) is 6.26. The van der Waals surface area contributed by atoms with E-state index >= 15 is 0 Å². The molecule has 1 amide bonds. The molecular formula is C24H24ClN7O2. The van der Waals surface area contributed by atoms with Crippen LogP contribution in [0.25, 0.3) is 11.3 Å². The second kappa shape index (κ2) is 9.11. The van der Waals surface area contributed by atoms with E-state index in [0.717, 1.165) is 16.9 Å². The first-order valence-electron chi connectivity index (χ1n) is 10.9. The molecule has 4 heterocycles. The highest BCUT2D eigenvalue weighted by Crippen LogP contribution is 2.42. The highest BCUT2D eigenvalue weighted by molar-refractivity contribution is 6.31. The molecule has 1 aliphatic heterocycles. The van der Waals surface area contributed by atoms with Crippen molar-refractivity contribution in [1.29, 1.82) is 0 Å². The number of halogens is 1. The van der Waals surface area contributed by atoms with Crippen molar-refractivity contribution in [3.63, 3.8) is 0 Å². The summed E-state index contributed by atoms with van der Waals surface area (Å²) in [5.41, 5.74) is 11.4. The Kier molecular flexibility index (Phi) is 5.85. The summed E-state index contributed by atoms with van der Waals surface area (Å²) in [5, 5.41) is 7.00. The number of nitrogens with zero attached hydrogens (tertiary/aromatic N) is 3. The van der Waals surface area contributed by atoms with Crippen LogP contribution in [0.15, 0.2) is 49.2 Å². The number of H-pyrrole nitrogens is 1. The smallest absolute Gasteiger partial charge is 0.255 e. The number of imidazole rings is 1. The molecule has 0 saturated heterocycles. The predicted octanol–water partition coefficient (Wildman–Crippen LogP) is 3.93. The molecule has 0 atom stereocenters. The molecule has 4 aromatic rings. The monoisotopic (exact) mass is 477 g/mol. The highest BCUT2D eigenvalue weighted by Gasteiger charge is 2.29. The number of carbonyl (C=O) groups is 1. The number of amides is 1. The first-order valence-corrected chi connectivity index (χ1v) is 11.3. The van der Waals surface area contributed by atoms with Crippen molar-refractivity contribution in [1.82, 2.24) is 24.8 Å². The lowest BCUT2D eigenvalue weighted by molar-refractivity contribution is 0.0947. The van der Waals surface area contributed by atoms with Crippen molar-refractivity contribution in [2.45, 2.75) is 19.9 Å². The van der Waals surface area contributed by atoms with Crippen LogP contribution in [-0.2, 0) is 13.0 Å². The number of rotatable bonds is 7. The minimum absolute atomic E-state index is 0.143. The molecule has 0 radical (unpaired) electrons. The molecule has 0 bridgehead atoms. The SMILES string of the molecule is Cc1c(Cl)cccc1Nc1c(-c2ccnc(N)c2OCCn2ccnc2)[nH]c2c1C(=O)NCC2. The number of nitrogens with one attached hydrogen (secondary N) is 3. The van der Waals surface area contributed by atoms with Crippen molar-refractivity contribution in [3.8, 4) is 17.0 Å². The number of hydrogen-bond acceptors (Lipinski definition) is 6. The van der Waals surface area contributed by atoms with Gasteiger partial charge in [-0.2, -0.15) is 0 Å². The fourth-order valence-corrected chi connectivity index (χ4v) is 4.24. The van der Waals surface area contributed by atoms with E-state index in [-0.39, 0.29) is 11.7 Å². The van der Waals surface area contributed by atoms with Crippen molar-refractivity contribution in [2.75, 3.05) is 24.2 Å². The summed E-state index contributed by atoms with van der Waals surface area (Å²) in [6.07, 6.45) is 7.62. The number of benzene rings is 1. The number of aromatic nitrogens is 4. The molecule has 9 nitrogen and oxygen atoms in total. The molecule has 0 fully saturated rings. The molecule has 10 heteroatoms. The average Bonchev–Trinajstić information content (AvgIpc) is 3.47. The van der Waals surface area contributed by atoms with E-state index in [9.17, 15) is 4.79 Å². The number of aromatic amines is 1. The number of carbonyl (C=O) groups excluding carboxylic acids is 1. The third kappa shape index (κ3) is 4.06. The molecule has 1 aliphatic rings. The van der Waals surface area contributed by atoms with E-state index < -0.39 is 0 Å². The van der Waals surface area contributed by atoms with Gasteiger partial charge in [-0.3, -0.25) is 4.79 Å². The minimum Gasteiger partial charge on any atom is -0.487 e. The van der Waals surface area contributed by atoms with E-state index in [4.69, 9.17) is 22.1 Å². The molecule has 34 heavy (non-hydrogen) atoms. The summed E-state index contributed by atoms with van der Waals surface area (Å²) in [5.74, 6) is 0.577. The lowest BCUT2D eigenvalue weighted by Gasteiger charge is -2.17. The largest absolute Gasteiger partial charge is 0.487 e. The summed E-state index contributed by atoms with van der Waals surface area (Å²) >= 11 is 6.35. The van der Waals surface area contributed by atoms with Gasteiger partial charge in [0.15, 0.2) is 11.6 Å². The van der Waals surface area contributed by atoms with Crippen LogP contribution in [0.2, 0.25) is 5.02 Å². The fourth-order valence-electron chi connectivity index (χ4n) is 4.07. The van der Waals surface area contributed by atoms with Crippen LogP contribution in [0.1, 0.15) is 21.6 Å². The number of nitrogen functional groups attached to an aromatic ring is 1. The van der Waals surface area contributed by atoms with Gasteiger partial charge < -0.3 is 30.7 Å². The van der Waals surface area contributed by atoms with Crippen LogP contribution in [0.5, 0.6) is 5.75 Å². The molecule has 174 valence electrons. The Balaban J connectivity index is 1.58. The lowest BCUT2D eigenvalue weighted by atomic mass is 10.0. The fraction of sp³-hybridized carbons (Fsp3) is 0.208. The maximum atomic E-state index is 12.9. The first kappa shape index (κ1) is 21.8. The van der Waals surface area contributed by atoms with Crippen molar-refractivity contribution in [2.24, 2.45) is 0 Å². The van der Waals surface area contributed by atoms with Gasteiger partial charge in [0, 0.05) is 53.5 Å². The molecular weight excluding hydrogens is 454 g/mol. The Morgan fingerprint density at radius 3 is 3.00 bits per heavy atom. The van der Waals surface area contributed by atoms with Crippen molar-refractivity contribution < 1.29 is 9.53 Å². The van der Waals surface area contributed by atoms with Gasteiger partial charge in [-0.25, -0.2) is 9.97 Å². The number of pyridine rings is 1. The van der Waals surface area contributed by atoms with Crippen LogP contribution in [0.3, 0.4) is 0 Å². The quantitative estimate of drug-likeness (QED) is 0.320. The maximum Gasteiger partial charge on any atom is 0.255 e. The van der Waals surface area contributed by atoms with E-state index in [1.54, 1.807) is 18.7 Å². The maximum absolute atomic E-state index is 12.9. The Labute approximate surface area is 201 Å². The summed E-state index contributed by atoms with van der Waals surface area (Å²) in [7, 11) is 0. The zero-order valence-corrected chi connectivity index (χ0v) is 19.3. The van der Waals surface area contributed by atoms with Crippen LogP contribution < -0.4 is 21.1 Å². The standard InChI is InChI=1S/C24H24ClN7O2/c1-14-16(25)3-2-4-17(14)30-21-19-18(6-8-29-24(19)33)31-20(21)15-5-7-28-23(26)22(15)34-12-11-32-10-9-27-13-32/h2-5,7,9-10,13,30-31H,6,8,11-12H2,1H3,(H2,26,28)(H,29,33). The van der Waals surface area contributed by atoms with Gasteiger partial charge in [-0.15, -0.1) is 0 Å². The zero-order chi connectivity index (χ0) is 23.7. The minimum atomic E-state index is -0.143. The summed E-state index contributed by atoms with van der Waals surface area (Å²) in [6, 6.07) is 7.45.